The number of carboxylic acids is 1. The molecule has 31 heavy (non-hydrogen) atoms. The van der Waals surface area contributed by atoms with E-state index in [1.54, 1.807) is 24.3 Å². The molecule has 2 aliphatic rings. The normalized spacial score (nSPS) is 22.4. The van der Waals surface area contributed by atoms with Crippen LogP contribution in [-0.2, 0) is 12.7 Å². The standard InChI is InChI=1S/C24H27F3N2O2/c25-24(26,27)20-7-5-18(6-8-20)21-13-22(21)28-14-16-9-11-29(12-10-16)15-17-1-3-19(4-2-17)23(30)31/h1-8,16,21-22,28H,9-15H2,(H,30,31)/t21-,22+/m0/s1. The molecule has 2 aromatic rings. The lowest BCUT2D eigenvalue weighted by molar-refractivity contribution is -0.137. The van der Waals surface area contributed by atoms with Crippen molar-refractivity contribution in [3.63, 3.8) is 0 Å². The van der Waals surface area contributed by atoms with Crippen molar-refractivity contribution in [3.05, 3.63) is 70.8 Å². The Morgan fingerprint density at radius 2 is 1.68 bits per heavy atom. The van der Waals surface area contributed by atoms with Gasteiger partial charge in [-0.15, -0.1) is 0 Å². The van der Waals surface area contributed by atoms with E-state index < -0.39 is 17.7 Å². The van der Waals surface area contributed by atoms with E-state index in [1.807, 2.05) is 12.1 Å². The molecule has 1 aliphatic carbocycles. The van der Waals surface area contributed by atoms with Gasteiger partial charge in [-0.3, -0.25) is 4.90 Å². The Balaban J connectivity index is 1.17. The number of rotatable bonds is 7. The first-order valence-corrected chi connectivity index (χ1v) is 10.7. The maximum absolute atomic E-state index is 12.7. The van der Waals surface area contributed by atoms with Gasteiger partial charge in [-0.2, -0.15) is 13.2 Å². The summed E-state index contributed by atoms with van der Waals surface area (Å²) in [7, 11) is 0. The third-order valence-electron chi connectivity index (χ3n) is 6.44. The number of nitrogens with one attached hydrogen (secondary N) is 1. The van der Waals surface area contributed by atoms with Crippen LogP contribution in [0.3, 0.4) is 0 Å². The molecular weight excluding hydrogens is 405 g/mol. The Kier molecular flexibility index (Phi) is 6.34. The number of aromatic carboxylic acids is 1. The summed E-state index contributed by atoms with van der Waals surface area (Å²) in [4.78, 5) is 13.3. The fraction of sp³-hybridized carbons (Fsp3) is 0.458. The van der Waals surface area contributed by atoms with Crippen LogP contribution in [0.4, 0.5) is 13.2 Å². The highest BCUT2D eigenvalue weighted by atomic mass is 19.4. The first kappa shape index (κ1) is 21.8. The second-order valence-electron chi connectivity index (χ2n) is 8.70. The summed E-state index contributed by atoms with van der Waals surface area (Å²) in [5.74, 6) is 0.0201. The van der Waals surface area contributed by atoms with Gasteiger partial charge in [0.15, 0.2) is 0 Å². The molecular formula is C24H27F3N2O2. The molecule has 0 radical (unpaired) electrons. The number of benzene rings is 2. The van der Waals surface area contributed by atoms with Crippen LogP contribution in [0.15, 0.2) is 48.5 Å². The van der Waals surface area contributed by atoms with E-state index in [9.17, 15) is 18.0 Å². The van der Waals surface area contributed by atoms with E-state index >= 15 is 0 Å². The van der Waals surface area contributed by atoms with E-state index in [4.69, 9.17) is 5.11 Å². The number of carbonyl (C=O) groups is 1. The molecule has 0 amide bonds. The largest absolute Gasteiger partial charge is 0.478 e. The van der Waals surface area contributed by atoms with Crippen LogP contribution in [0, 0.1) is 5.92 Å². The average molecular weight is 432 g/mol. The number of piperidine rings is 1. The Morgan fingerprint density at radius 1 is 1.03 bits per heavy atom. The van der Waals surface area contributed by atoms with Crippen molar-refractivity contribution in [2.75, 3.05) is 19.6 Å². The molecule has 4 nitrogen and oxygen atoms in total. The maximum atomic E-state index is 12.7. The molecule has 2 N–H and O–H groups in total. The van der Waals surface area contributed by atoms with Crippen LogP contribution in [-0.4, -0.2) is 41.7 Å². The van der Waals surface area contributed by atoms with E-state index in [1.165, 1.54) is 12.1 Å². The van der Waals surface area contributed by atoms with Crippen LogP contribution in [0.1, 0.15) is 52.2 Å². The zero-order valence-corrected chi connectivity index (χ0v) is 17.2. The number of hydrogen-bond donors (Lipinski definition) is 2. The van der Waals surface area contributed by atoms with Crippen molar-refractivity contribution in [1.82, 2.24) is 10.2 Å². The van der Waals surface area contributed by atoms with Crippen molar-refractivity contribution < 1.29 is 23.1 Å². The zero-order chi connectivity index (χ0) is 22.0. The molecule has 0 aromatic heterocycles. The van der Waals surface area contributed by atoms with Gasteiger partial charge in [0.05, 0.1) is 11.1 Å². The maximum Gasteiger partial charge on any atom is 0.416 e. The summed E-state index contributed by atoms with van der Waals surface area (Å²) >= 11 is 0. The minimum Gasteiger partial charge on any atom is -0.478 e. The summed E-state index contributed by atoms with van der Waals surface area (Å²) in [6.07, 6.45) is -1.08. The fourth-order valence-corrected chi connectivity index (χ4v) is 4.39. The lowest BCUT2D eigenvalue weighted by Crippen LogP contribution is -2.37. The quantitative estimate of drug-likeness (QED) is 0.662. The molecule has 1 aliphatic heterocycles. The predicted molar refractivity (Wildman–Crippen MR) is 112 cm³/mol. The Hall–Kier alpha value is -2.38. The van der Waals surface area contributed by atoms with Gasteiger partial charge in [-0.25, -0.2) is 4.79 Å². The molecule has 2 fully saturated rings. The molecule has 2 aromatic carbocycles. The van der Waals surface area contributed by atoms with E-state index in [-0.39, 0.29) is 0 Å². The first-order chi connectivity index (χ1) is 14.8. The highest BCUT2D eigenvalue weighted by molar-refractivity contribution is 5.87. The lowest BCUT2D eigenvalue weighted by Gasteiger charge is -2.32. The van der Waals surface area contributed by atoms with Gasteiger partial charge >= 0.3 is 12.1 Å². The Morgan fingerprint density at radius 3 is 2.26 bits per heavy atom. The van der Waals surface area contributed by atoms with Crippen LogP contribution < -0.4 is 5.32 Å². The number of nitrogens with zero attached hydrogens (tertiary/aromatic N) is 1. The number of hydrogen-bond acceptors (Lipinski definition) is 3. The summed E-state index contributed by atoms with van der Waals surface area (Å²) < 4.78 is 38.1. The van der Waals surface area contributed by atoms with E-state index in [0.717, 1.165) is 56.6 Å². The first-order valence-electron chi connectivity index (χ1n) is 10.7. The molecule has 1 saturated heterocycles. The van der Waals surface area contributed by atoms with E-state index in [2.05, 4.69) is 10.2 Å². The van der Waals surface area contributed by atoms with Crippen molar-refractivity contribution >= 4 is 5.97 Å². The van der Waals surface area contributed by atoms with Crippen molar-refractivity contribution in [1.29, 1.82) is 0 Å². The summed E-state index contributed by atoms with van der Waals surface area (Å²) in [6, 6.07) is 13.0. The van der Waals surface area contributed by atoms with E-state index in [0.29, 0.717) is 23.4 Å². The second-order valence-corrected chi connectivity index (χ2v) is 8.70. The highest BCUT2D eigenvalue weighted by Gasteiger charge is 2.39. The smallest absolute Gasteiger partial charge is 0.416 e. The molecule has 1 heterocycles. The molecule has 166 valence electrons. The number of carboxylic acid groups (broad SMARTS) is 1. The second kappa shape index (κ2) is 9.01. The van der Waals surface area contributed by atoms with Crippen LogP contribution in [0.5, 0.6) is 0 Å². The molecule has 4 rings (SSSR count). The van der Waals surface area contributed by atoms with Crippen LogP contribution in [0.2, 0.25) is 0 Å². The number of alkyl halides is 3. The SMILES string of the molecule is O=C(O)c1ccc(CN2CCC(CN[C@@H]3C[C@H]3c3ccc(C(F)(F)F)cc3)CC2)cc1. The van der Waals surface area contributed by atoms with Gasteiger partial charge in [0, 0.05) is 18.5 Å². The zero-order valence-electron chi connectivity index (χ0n) is 17.2. The number of likely N-dealkylation sites (tertiary alicyclic amines) is 1. The van der Waals surface area contributed by atoms with Crippen molar-refractivity contribution in [2.24, 2.45) is 5.92 Å². The Bertz CT molecular complexity index is 889. The Labute approximate surface area is 180 Å². The topological polar surface area (TPSA) is 52.6 Å². The average Bonchev–Trinajstić information content (AvgIpc) is 3.53. The van der Waals surface area contributed by atoms with Crippen LogP contribution in [0.25, 0.3) is 0 Å². The third kappa shape index (κ3) is 5.66. The van der Waals surface area contributed by atoms with Gasteiger partial charge in [0.2, 0.25) is 0 Å². The molecule has 0 bridgehead atoms. The van der Waals surface area contributed by atoms with Gasteiger partial charge in [-0.05, 0) is 80.2 Å². The van der Waals surface area contributed by atoms with Gasteiger partial charge in [0.1, 0.15) is 0 Å². The molecule has 2 atom stereocenters. The minimum absolute atomic E-state index is 0.309. The van der Waals surface area contributed by atoms with Crippen LogP contribution >= 0.6 is 0 Å². The third-order valence-corrected chi connectivity index (χ3v) is 6.44. The molecule has 0 spiro atoms. The summed E-state index contributed by atoms with van der Waals surface area (Å²) in [5.41, 5.74) is 1.82. The van der Waals surface area contributed by atoms with Gasteiger partial charge in [0.25, 0.3) is 0 Å². The highest BCUT2D eigenvalue weighted by Crippen LogP contribution is 2.42. The van der Waals surface area contributed by atoms with Crippen molar-refractivity contribution in [2.45, 2.75) is 43.9 Å². The van der Waals surface area contributed by atoms with Gasteiger partial charge in [-0.1, -0.05) is 24.3 Å². The molecule has 0 unspecified atom stereocenters. The fourth-order valence-electron chi connectivity index (χ4n) is 4.39. The lowest BCUT2D eigenvalue weighted by atomic mass is 9.96. The predicted octanol–water partition coefficient (Wildman–Crippen LogP) is 4.76. The number of halogens is 3. The summed E-state index contributed by atoms with van der Waals surface area (Å²) in [5, 5.41) is 12.6. The van der Waals surface area contributed by atoms with Gasteiger partial charge < -0.3 is 10.4 Å². The molecule has 7 heteroatoms. The summed E-state index contributed by atoms with van der Waals surface area (Å²) in [6.45, 7) is 3.81. The van der Waals surface area contributed by atoms with Crippen molar-refractivity contribution in [3.8, 4) is 0 Å². The minimum atomic E-state index is -4.28. The monoisotopic (exact) mass is 432 g/mol. The molecule has 1 saturated carbocycles.